The summed E-state index contributed by atoms with van der Waals surface area (Å²) in [5.41, 5.74) is 2.46. The molecule has 0 aliphatic heterocycles. The Bertz CT molecular complexity index is 294. The first-order valence-electron chi connectivity index (χ1n) is 6.15. The molecule has 0 bridgehead atoms. The van der Waals surface area contributed by atoms with E-state index in [9.17, 15) is 0 Å². The highest BCUT2D eigenvalue weighted by Crippen LogP contribution is 2.30. The van der Waals surface area contributed by atoms with Crippen molar-refractivity contribution in [2.45, 2.75) is 46.1 Å². The van der Waals surface area contributed by atoms with Gasteiger partial charge in [-0.05, 0) is 24.8 Å². The molecule has 0 spiro atoms. The van der Waals surface area contributed by atoms with Gasteiger partial charge in [0.1, 0.15) is 6.10 Å². The smallest absolute Gasteiger partial charge is 0.106 e. The van der Waals surface area contributed by atoms with E-state index in [0.29, 0.717) is 5.92 Å². The monoisotopic (exact) mass is 221 g/mol. The highest BCUT2D eigenvalue weighted by molar-refractivity contribution is 5.23. The Balaban J connectivity index is 2.83. The lowest BCUT2D eigenvalue weighted by atomic mass is 9.89. The van der Waals surface area contributed by atoms with Gasteiger partial charge >= 0.3 is 0 Å². The van der Waals surface area contributed by atoms with Crippen LogP contribution in [0.2, 0.25) is 0 Å². The number of hydrogen-bond acceptors (Lipinski definition) is 2. The second-order valence-electron chi connectivity index (χ2n) is 4.42. The van der Waals surface area contributed by atoms with E-state index in [0.717, 1.165) is 12.8 Å². The molecule has 0 aliphatic carbocycles. The van der Waals surface area contributed by atoms with Crippen LogP contribution in [0, 0.1) is 12.8 Å². The zero-order chi connectivity index (χ0) is 12.0. The predicted molar refractivity (Wildman–Crippen MR) is 67.9 cm³/mol. The van der Waals surface area contributed by atoms with Crippen LogP contribution in [0.1, 0.15) is 50.3 Å². The molecule has 90 valence electrons. The Labute approximate surface area is 98.8 Å². The number of nitrogens with two attached hydrogens (primary N) is 1. The summed E-state index contributed by atoms with van der Waals surface area (Å²) in [7, 11) is 0. The number of aryl methyl sites for hydroxylation is 1. The molecule has 0 fully saturated rings. The minimum Gasteiger partial charge on any atom is -0.296 e. The molecule has 0 radical (unpaired) electrons. The molecule has 0 aromatic heterocycles. The first-order chi connectivity index (χ1) is 7.72. The van der Waals surface area contributed by atoms with Gasteiger partial charge < -0.3 is 0 Å². The first-order valence-corrected chi connectivity index (χ1v) is 6.15. The number of hydrogen-bond donors (Lipinski definition) is 1. The summed E-state index contributed by atoms with van der Waals surface area (Å²) in [5, 5.41) is 0. The van der Waals surface area contributed by atoms with E-state index in [2.05, 4.69) is 45.0 Å². The summed E-state index contributed by atoms with van der Waals surface area (Å²) in [6.45, 7) is 6.48. The zero-order valence-corrected chi connectivity index (χ0v) is 10.6. The summed E-state index contributed by atoms with van der Waals surface area (Å²) in [6.07, 6.45) is 3.46. The van der Waals surface area contributed by atoms with Gasteiger partial charge in [-0.2, -0.15) is 0 Å². The van der Waals surface area contributed by atoms with Gasteiger partial charge in [-0.1, -0.05) is 56.5 Å². The Hall–Kier alpha value is -0.860. The third-order valence-electron chi connectivity index (χ3n) is 3.16. The number of benzene rings is 1. The quantitative estimate of drug-likeness (QED) is 0.742. The molecule has 1 aromatic rings. The zero-order valence-electron chi connectivity index (χ0n) is 10.6. The standard InChI is InChI=1S/C14H23NO/c1-4-6-12(5-2)14(16-15)13-9-7-11(3)8-10-13/h7-10,12,14H,4-6,15H2,1-3H3. The van der Waals surface area contributed by atoms with Crippen LogP contribution >= 0.6 is 0 Å². The lowest BCUT2D eigenvalue weighted by molar-refractivity contribution is 0.00484. The Morgan fingerprint density at radius 2 is 1.81 bits per heavy atom. The van der Waals surface area contributed by atoms with Crippen molar-refractivity contribution in [3.8, 4) is 0 Å². The molecule has 0 saturated carbocycles. The molecule has 0 saturated heterocycles. The van der Waals surface area contributed by atoms with Crippen LogP contribution in [0.4, 0.5) is 0 Å². The summed E-state index contributed by atoms with van der Waals surface area (Å²) in [4.78, 5) is 5.18. The van der Waals surface area contributed by atoms with Crippen molar-refractivity contribution < 1.29 is 4.84 Å². The molecule has 2 unspecified atom stereocenters. The fourth-order valence-electron chi connectivity index (χ4n) is 2.16. The summed E-state index contributed by atoms with van der Waals surface area (Å²) in [6, 6.07) is 8.45. The van der Waals surface area contributed by atoms with Crippen molar-refractivity contribution in [3.63, 3.8) is 0 Å². The van der Waals surface area contributed by atoms with Crippen LogP contribution in [0.3, 0.4) is 0 Å². The minimum atomic E-state index is 0.0329. The van der Waals surface area contributed by atoms with E-state index in [-0.39, 0.29) is 6.10 Å². The van der Waals surface area contributed by atoms with E-state index in [1.165, 1.54) is 17.5 Å². The Kier molecular flexibility index (Phi) is 5.50. The average molecular weight is 221 g/mol. The maximum Gasteiger partial charge on any atom is 0.106 e. The highest BCUT2D eigenvalue weighted by Gasteiger charge is 2.21. The molecular weight excluding hydrogens is 198 g/mol. The third kappa shape index (κ3) is 3.32. The molecule has 1 rings (SSSR count). The topological polar surface area (TPSA) is 35.2 Å². The van der Waals surface area contributed by atoms with Gasteiger partial charge in [0.2, 0.25) is 0 Å². The van der Waals surface area contributed by atoms with E-state index in [4.69, 9.17) is 10.7 Å². The van der Waals surface area contributed by atoms with Gasteiger partial charge in [0, 0.05) is 0 Å². The summed E-state index contributed by atoms with van der Waals surface area (Å²) in [5.74, 6) is 5.96. The predicted octanol–water partition coefficient (Wildman–Crippen LogP) is 3.75. The molecule has 2 heteroatoms. The second kappa shape index (κ2) is 6.66. The largest absolute Gasteiger partial charge is 0.296 e. The van der Waals surface area contributed by atoms with Crippen molar-refractivity contribution in [1.29, 1.82) is 0 Å². The van der Waals surface area contributed by atoms with Crippen LogP contribution in [-0.4, -0.2) is 0 Å². The van der Waals surface area contributed by atoms with Gasteiger partial charge in [-0.3, -0.25) is 4.84 Å². The Morgan fingerprint density at radius 1 is 1.19 bits per heavy atom. The molecule has 1 aromatic carbocycles. The highest BCUT2D eigenvalue weighted by atomic mass is 16.6. The van der Waals surface area contributed by atoms with E-state index in [1.54, 1.807) is 0 Å². The molecule has 0 aliphatic rings. The maximum absolute atomic E-state index is 5.45. The lowest BCUT2D eigenvalue weighted by Gasteiger charge is -2.24. The van der Waals surface area contributed by atoms with Crippen LogP contribution in [-0.2, 0) is 4.84 Å². The molecular formula is C14H23NO. The molecule has 2 atom stereocenters. The fourth-order valence-corrected chi connectivity index (χ4v) is 2.16. The maximum atomic E-state index is 5.45. The summed E-state index contributed by atoms with van der Waals surface area (Å²) >= 11 is 0. The van der Waals surface area contributed by atoms with Gasteiger partial charge in [-0.15, -0.1) is 0 Å². The van der Waals surface area contributed by atoms with E-state index in [1.807, 2.05) is 0 Å². The molecule has 16 heavy (non-hydrogen) atoms. The molecule has 2 nitrogen and oxygen atoms in total. The fraction of sp³-hybridized carbons (Fsp3) is 0.571. The van der Waals surface area contributed by atoms with Crippen molar-refractivity contribution in [2.75, 3.05) is 0 Å². The van der Waals surface area contributed by atoms with Crippen LogP contribution in [0.15, 0.2) is 24.3 Å². The summed E-state index contributed by atoms with van der Waals surface area (Å²) < 4.78 is 0. The van der Waals surface area contributed by atoms with Gasteiger partial charge in [0.05, 0.1) is 0 Å². The van der Waals surface area contributed by atoms with Gasteiger partial charge in [0.15, 0.2) is 0 Å². The van der Waals surface area contributed by atoms with Crippen molar-refractivity contribution in [1.82, 2.24) is 0 Å². The SMILES string of the molecule is CCCC(CC)C(ON)c1ccc(C)cc1. The van der Waals surface area contributed by atoms with E-state index >= 15 is 0 Å². The molecule has 0 heterocycles. The van der Waals surface area contributed by atoms with Crippen LogP contribution < -0.4 is 5.90 Å². The van der Waals surface area contributed by atoms with Crippen LogP contribution in [0.25, 0.3) is 0 Å². The van der Waals surface area contributed by atoms with Crippen LogP contribution in [0.5, 0.6) is 0 Å². The van der Waals surface area contributed by atoms with Crippen molar-refractivity contribution in [2.24, 2.45) is 11.8 Å². The number of rotatable bonds is 6. The average Bonchev–Trinajstić information content (AvgIpc) is 2.31. The van der Waals surface area contributed by atoms with Crippen molar-refractivity contribution in [3.05, 3.63) is 35.4 Å². The van der Waals surface area contributed by atoms with Gasteiger partial charge in [-0.25, -0.2) is 5.90 Å². The van der Waals surface area contributed by atoms with E-state index < -0.39 is 0 Å². The molecule has 0 amide bonds. The second-order valence-corrected chi connectivity index (χ2v) is 4.42. The Morgan fingerprint density at radius 3 is 2.25 bits per heavy atom. The minimum absolute atomic E-state index is 0.0329. The lowest BCUT2D eigenvalue weighted by Crippen LogP contribution is -2.19. The van der Waals surface area contributed by atoms with Gasteiger partial charge in [0.25, 0.3) is 0 Å². The first kappa shape index (κ1) is 13.2. The van der Waals surface area contributed by atoms with Crippen molar-refractivity contribution >= 4 is 0 Å². The third-order valence-corrected chi connectivity index (χ3v) is 3.16. The normalized spacial score (nSPS) is 14.8. The molecule has 2 N–H and O–H groups in total.